The van der Waals surface area contributed by atoms with Crippen molar-refractivity contribution in [3.8, 4) is 5.69 Å². The van der Waals surface area contributed by atoms with Gasteiger partial charge in [-0.3, -0.25) is 18.7 Å². The van der Waals surface area contributed by atoms with E-state index in [4.69, 9.17) is 0 Å². The van der Waals surface area contributed by atoms with Gasteiger partial charge in [0.05, 0.1) is 18.7 Å². The molecule has 1 atom stereocenters. The molecule has 10 heteroatoms. The summed E-state index contributed by atoms with van der Waals surface area (Å²) in [5, 5.41) is 2.93. The van der Waals surface area contributed by atoms with Gasteiger partial charge < -0.3 is 14.5 Å². The molecule has 0 aliphatic heterocycles. The molecule has 0 saturated heterocycles. The number of benzene rings is 1. The Balaban J connectivity index is 1.51. The van der Waals surface area contributed by atoms with E-state index in [-0.39, 0.29) is 29.7 Å². The molecule has 0 radical (unpaired) electrons. The maximum atomic E-state index is 12.6. The number of hydrogen-bond acceptors (Lipinski definition) is 5. The molecule has 3 heterocycles. The first-order valence-electron chi connectivity index (χ1n) is 9.35. The molecule has 1 amide bonds. The fourth-order valence-electron chi connectivity index (χ4n) is 3.39. The lowest BCUT2D eigenvalue weighted by molar-refractivity contribution is -0.122. The van der Waals surface area contributed by atoms with Crippen LogP contribution in [0.1, 0.15) is 18.5 Å². The van der Waals surface area contributed by atoms with Crippen molar-refractivity contribution in [1.29, 1.82) is 0 Å². The third-order valence-electron chi connectivity index (χ3n) is 5.10. The number of rotatable bonds is 5. The molecule has 0 spiro atoms. The van der Waals surface area contributed by atoms with Gasteiger partial charge in [0, 0.05) is 32.2 Å². The fraction of sp³-hybridized carbons (Fsp3) is 0.250. The standard InChI is InChI=1S/C20H21N7O3/c1-13(14-4-6-15(7-5-14)26-9-8-21-11-26)23-16(28)10-27-12-22-18-17(27)19(29)25(3)20(30)24(18)2/h4-9,11-13H,10H2,1-3H3,(H,23,28). The first-order chi connectivity index (χ1) is 14.4. The Morgan fingerprint density at radius 2 is 1.83 bits per heavy atom. The Bertz CT molecular complexity index is 1330. The predicted molar refractivity (Wildman–Crippen MR) is 110 cm³/mol. The van der Waals surface area contributed by atoms with Gasteiger partial charge in [-0.2, -0.15) is 0 Å². The number of carbonyl (C=O) groups is 1. The Morgan fingerprint density at radius 1 is 1.10 bits per heavy atom. The number of imidazole rings is 2. The second-order valence-corrected chi connectivity index (χ2v) is 7.10. The van der Waals surface area contributed by atoms with Crippen molar-refractivity contribution in [2.24, 2.45) is 14.1 Å². The summed E-state index contributed by atoms with van der Waals surface area (Å²) in [6.45, 7) is 1.81. The SMILES string of the molecule is CC(NC(=O)Cn1cnc2c1c(=O)n(C)c(=O)n2C)c1ccc(-n2ccnc2)cc1. The first-order valence-corrected chi connectivity index (χ1v) is 9.35. The van der Waals surface area contributed by atoms with Gasteiger partial charge in [0.1, 0.15) is 6.54 Å². The van der Waals surface area contributed by atoms with Crippen LogP contribution in [0, 0.1) is 0 Å². The van der Waals surface area contributed by atoms with E-state index >= 15 is 0 Å². The molecule has 30 heavy (non-hydrogen) atoms. The van der Waals surface area contributed by atoms with Crippen molar-refractivity contribution in [2.45, 2.75) is 19.5 Å². The van der Waals surface area contributed by atoms with E-state index in [0.29, 0.717) is 0 Å². The summed E-state index contributed by atoms with van der Waals surface area (Å²) in [7, 11) is 2.94. The monoisotopic (exact) mass is 407 g/mol. The van der Waals surface area contributed by atoms with E-state index in [9.17, 15) is 14.4 Å². The van der Waals surface area contributed by atoms with Crippen LogP contribution in [-0.4, -0.2) is 34.1 Å². The quantitative estimate of drug-likeness (QED) is 0.518. The van der Waals surface area contributed by atoms with Crippen molar-refractivity contribution >= 4 is 17.1 Å². The van der Waals surface area contributed by atoms with Crippen LogP contribution in [0.3, 0.4) is 0 Å². The predicted octanol–water partition coefficient (Wildman–Crippen LogP) is 0.497. The van der Waals surface area contributed by atoms with Crippen LogP contribution in [0.15, 0.2) is 58.9 Å². The molecular formula is C20H21N7O3. The maximum Gasteiger partial charge on any atom is 0.332 e. The van der Waals surface area contributed by atoms with Crippen LogP contribution in [0.25, 0.3) is 16.9 Å². The molecule has 0 saturated carbocycles. The van der Waals surface area contributed by atoms with E-state index in [1.54, 1.807) is 12.5 Å². The zero-order valence-electron chi connectivity index (χ0n) is 16.8. The smallest absolute Gasteiger partial charge is 0.332 e. The molecule has 0 aliphatic carbocycles. The number of nitrogens with one attached hydrogen (secondary N) is 1. The molecule has 1 unspecified atom stereocenters. The van der Waals surface area contributed by atoms with Gasteiger partial charge in [0.2, 0.25) is 5.91 Å². The van der Waals surface area contributed by atoms with Crippen molar-refractivity contribution in [3.63, 3.8) is 0 Å². The number of hydrogen-bond donors (Lipinski definition) is 1. The van der Waals surface area contributed by atoms with Crippen molar-refractivity contribution < 1.29 is 4.79 Å². The van der Waals surface area contributed by atoms with Gasteiger partial charge in [-0.15, -0.1) is 0 Å². The van der Waals surface area contributed by atoms with Gasteiger partial charge in [-0.25, -0.2) is 14.8 Å². The van der Waals surface area contributed by atoms with Crippen molar-refractivity contribution in [2.75, 3.05) is 0 Å². The van der Waals surface area contributed by atoms with Crippen molar-refractivity contribution in [3.05, 3.63) is 75.7 Å². The van der Waals surface area contributed by atoms with Gasteiger partial charge >= 0.3 is 5.69 Å². The summed E-state index contributed by atoms with van der Waals surface area (Å²) in [4.78, 5) is 45.3. The van der Waals surface area contributed by atoms with Gasteiger partial charge in [0.15, 0.2) is 11.2 Å². The number of aryl methyl sites for hydroxylation is 1. The zero-order valence-corrected chi connectivity index (χ0v) is 16.8. The summed E-state index contributed by atoms with van der Waals surface area (Å²) >= 11 is 0. The van der Waals surface area contributed by atoms with E-state index in [1.807, 2.05) is 42.0 Å². The zero-order chi connectivity index (χ0) is 21.4. The third kappa shape index (κ3) is 3.32. The number of carbonyl (C=O) groups excluding carboxylic acids is 1. The van der Waals surface area contributed by atoms with Crippen LogP contribution in [0.5, 0.6) is 0 Å². The molecule has 1 N–H and O–H groups in total. The van der Waals surface area contributed by atoms with Crippen LogP contribution in [0.2, 0.25) is 0 Å². The largest absolute Gasteiger partial charge is 0.348 e. The Morgan fingerprint density at radius 3 is 2.50 bits per heavy atom. The van der Waals surface area contributed by atoms with Crippen LogP contribution in [0.4, 0.5) is 0 Å². The number of fused-ring (bicyclic) bond motifs is 1. The lowest BCUT2D eigenvalue weighted by Gasteiger charge is -2.15. The Kier molecular flexibility index (Phi) is 4.82. The van der Waals surface area contributed by atoms with Crippen LogP contribution < -0.4 is 16.6 Å². The van der Waals surface area contributed by atoms with E-state index in [2.05, 4.69) is 15.3 Å². The minimum Gasteiger partial charge on any atom is -0.348 e. The molecule has 4 rings (SSSR count). The number of nitrogens with zero attached hydrogens (tertiary/aromatic N) is 6. The highest BCUT2D eigenvalue weighted by molar-refractivity contribution is 5.79. The maximum absolute atomic E-state index is 12.6. The molecule has 0 aliphatic rings. The highest BCUT2D eigenvalue weighted by atomic mass is 16.2. The van der Waals surface area contributed by atoms with Gasteiger partial charge in [-0.05, 0) is 24.6 Å². The summed E-state index contributed by atoms with van der Waals surface area (Å²) < 4.78 is 5.64. The minimum atomic E-state index is -0.485. The topological polar surface area (TPSA) is 109 Å². The lowest BCUT2D eigenvalue weighted by Crippen LogP contribution is -2.38. The molecule has 1 aromatic carbocycles. The fourth-order valence-corrected chi connectivity index (χ4v) is 3.39. The minimum absolute atomic E-state index is 0.0819. The second-order valence-electron chi connectivity index (χ2n) is 7.10. The molecule has 10 nitrogen and oxygen atoms in total. The first kappa shape index (κ1) is 19.4. The highest BCUT2D eigenvalue weighted by Crippen LogP contribution is 2.16. The van der Waals surface area contributed by atoms with E-state index in [1.165, 1.54) is 29.6 Å². The molecular weight excluding hydrogens is 386 g/mol. The van der Waals surface area contributed by atoms with E-state index in [0.717, 1.165) is 15.8 Å². The number of amides is 1. The highest BCUT2D eigenvalue weighted by Gasteiger charge is 2.17. The van der Waals surface area contributed by atoms with Crippen molar-refractivity contribution in [1.82, 2.24) is 33.6 Å². The molecule has 0 fully saturated rings. The molecule has 3 aromatic heterocycles. The summed E-state index contributed by atoms with van der Waals surface area (Å²) in [6, 6.07) is 7.56. The summed E-state index contributed by atoms with van der Waals surface area (Å²) in [6.07, 6.45) is 6.68. The lowest BCUT2D eigenvalue weighted by atomic mass is 10.1. The molecule has 154 valence electrons. The van der Waals surface area contributed by atoms with Crippen LogP contribution in [-0.2, 0) is 25.4 Å². The molecule has 4 aromatic rings. The van der Waals surface area contributed by atoms with Crippen LogP contribution >= 0.6 is 0 Å². The average Bonchev–Trinajstić information content (AvgIpc) is 3.41. The van der Waals surface area contributed by atoms with Gasteiger partial charge in [-0.1, -0.05) is 12.1 Å². The average molecular weight is 407 g/mol. The third-order valence-corrected chi connectivity index (χ3v) is 5.10. The Hall–Kier alpha value is -3.95. The summed E-state index contributed by atoms with van der Waals surface area (Å²) in [5.41, 5.74) is 1.43. The van der Waals surface area contributed by atoms with E-state index < -0.39 is 11.2 Å². The molecule has 0 bridgehead atoms. The number of aromatic nitrogens is 6. The summed E-state index contributed by atoms with van der Waals surface area (Å²) in [5.74, 6) is -0.267. The Labute approximate surface area is 171 Å². The second kappa shape index (κ2) is 7.47. The normalized spacial score (nSPS) is 12.2. The van der Waals surface area contributed by atoms with Gasteiger partial charge in [0.25, 0.3) is 5.56 Å².